The minimum absolute atomic E-state index is 0.0407. The molecule has 1 fully saturated rings. The molecule has 1 aliphatic heterocycles. The number of ketones is 1. The van der Waals surface area contributed by atoms with Crippen molar-refractivity contribution < 1.29 is 24.2 Å². The van der Waals surface area contributed by atoms with E-state index < -0.39 is 23.7 Å². The summed E-state index contributed by atoms with van der Waals surface area (Å²) in [5, 5.41) is 13.1. The first-order chi connectivity index (χ1) is 14.7. The molecule has 2 N–H and O–H groups in total. The molecule has 1 amide bonds. The van der Waals surface area contributed by atoms with Crippen LogP contribution in [0.4, 0.5) is 0 Å². The zero-order chi connectivity index (χ0) is 22.9. The second-order valence-electron chi connectivity index (χ2n) is 7.78. The van der Waals surface area contributed by atoms with E-state index in [0.29, 0.717) is 29.8 Å². The van der Waals surface area contributed by atoms with Gasteiger partial charge in [0.05, 0.1) is 18.7 Å². The Balaban J connectivity index is 2.12. The number of aromatic amines is 1. The lowest BCUT2D eigenvalue weighted by Gasteiger charge is -2.24. The van der Waals surface area contributed by atoms with Gasteiger partial charge in [-0.1, -0.05) is 6.07 Å². The van der Waals surface area contributed by atoms with Crippen molar-refractivity contribution in [1.82, 2.24) is 14.8 Å². The fraction of sp³-hybridized carbons (Fsp3) is 0.409. The second-order valence-corrected chi connectivity index (χ2v) is 8.76. The van der Waals surface area contributed by atoms with Crippen molar-refractivity contribution in [3.8, 4) is 0 Å². The van der Waals surface area contributed by atoms with Crippen LogP contribution in [0.15, 0.2) is 23.1 Å². The molecule has 0 bridgehead atoms. The Hall–Kier alpha value is -2.91. The SMILES string of the molecule is COC(=O)c1[nH]c(C)c(/C(O)=C2/C(=O)C(=O)N(CCCN(C)C)C2c2cccs2)c1C. The molecule has 2 aromatic rings. The third kappa shape index (κ3) is 4.15. The molecule has 2 aromatic heterocycles. The predicted molar refractivity (Wildman–Crippen MR) is 118 cm³/mol. The molecule has 0 radical (unpaired) electrons. The largest absolute Gasteiger partial charge is 0.507 e. The van der Waals surface area contributed by atoms with Crippen molar-refractivity contribution in [2.75, 3.05) is 34.3 Å². The number of carbonyl (C=O) groups excluding carboxylic acids is 3. The maximum absolute atomic E-state index is 13.0. The number of methoxy groups -OCH3 is 1. The lowest BCUT2D eigenvalue weighted by molar-refractivity contribution is -0.139. The van der Waals surface area contributed by atoms with Gasteiger partial charge in [-0.05, 0) is 57.9 Å². The Morgan fingerprint density at radius 1 is 1.32 bits per heavy atom. The summed E-state index contributed by atoms with van der Waals surface area (Å²) < 4.78 is 4.79. The number of carbonyl (C=O) groups is 3. The van der Waals surface area contributed by atoms with Crippen LogP contribution in [0.25, 0.3) is 5.76 Å². The summed E-state index contributed by atoms with van der Waals surface area (Å²) in [5.74, 6) is -2.20. The molecule has 31 heavy (non-hydrogen) atoms. The number of thiophene rings is 1. The third-order valence-electron chi connectivity index (χ3n) is 5.42. The summed E-state index contributed by atoms with van der Waals surface area (Å²) >= 11 is 1.42. The van der Waals surface area contributed by atoms with Crippen molar-refractivity contribution in [2.45, 2.75) is 26.3 Å². The standard InChI is InChI=1S/C22H27N3O5S/c1-12-15(13(2)23-17(12)22(29)30-5)19(26)16-18(14-8-6-11-31-14)25(21(28)20(16)27)10-7-9-24(3)4/h6,8,11,18,23,26H,7,9-10H2,1-5H3/b19-16-. The number of aliphatic hydroxyl groups excluding tert-OH is 1. The molecule has 0 aromatic carbocycles. The van der Waals surface area contributed by atoms with Crippen molar-refractivity contribution in [1.29, 1.82) is 0 Å². The minimum atomic E-state index is -0.722. The molecule has 3 heterocycles. The van der Waals surface area contributed by atoms with Crippen LogP contribution in [0.2, 0.25) is 0 Å². The summed E-state index contributed by atoms with van der Waals surface area (Å²) in [6.45, 7) is 4.51. The van der Waals surface area contributed by atoms with E-state index in [-0.39, 0.29) is 17.0 Å². The maximum atomic E-state index is 13.0. The van der Waals surface area contributed by atoms with Crippen molar-refractivity contribution in [3.05, 3.63) is 50.5 Å². The smallest absolute Gasteiger partial charge is 0.354 e. The van der Waals surface area contributed by atoms with Gasteiger partial charge < -0.3 is 24.6 Å². The maximum Gasteiger partial charge on any atom is 0.354 e. The van der Waals surface area contributed by atoms with E-state index >= 15 is 0 Å². The van der Waals surface area contributed by atoms with E-state index in [0.717, 1.165) is 11.4 Å². The van der Waals surface area contributed by atoms with Gasteiger partial charge in [0.25, 0.3) is 11.7 Å². The number of rotatable bonds is 7. The molecular weight excluding hydrogens is 418 g/mol. The average molecular weight is 446 g/mol. The Morgan fingerprint density at radius 2 is 2.03 bits per heavy atom. The number of Topliss-reactive ketones (excluding diaryl/α,β-unsaturated/α-hetero) is 1. The van der Waals surface area contributed by atoms with Gasteiger partial charge in [-0.15, -0.1) is 11.3 Å². The monoisotopic (exact) mass is 445 g/mol. The lowest BCUT2D eigenvalue weighted by Crippen LogP contribution is -2.32. The van der Waals surface area contributed by atoms with Crippen LogP contribution in [0.1, 0.15) is 44.6 Å². The van der Waals surface area contributed by atoms with Crippen molar-refractivity contribution in [3.63, 3.8) is 0 Å². The van der Waals surface area contributed by atoms with Gasteiger partial charge in [0.15, 0.2) is 0 Å². The van der Waals surface area contributed by atoms with Crippen LogP contribution in [0.5, 0.6) is 0 Å². The van der Waals surface area contributed by atoms with Gasteiger partial charge in [-0.3, -0.25) is 9.59 Å². The predicted octanol–water partition coefficient (Wildman–Crippen LogP) is 2.85. The highest BCUT2D eigenvalue weighted by Gasteiger charge is 2.46. The molecule has 0 saturated carbocycles. The Morgan fingerprint density at radius 3 is 2.61 bits per heavy atom. The molecule has 8 nitrogen and oxygen atoms in total. The molecule has 9 heteroatoms. The van der Waals surface area contributed by atoms with E-state index in [1.807, 2.05) is 36.5 Å². The van der Waals surface area contributed by atoms with Gasteiger partial charge in [-0.25, -0.2) is 4.79 Å². The third-order valence-corrected chi connectivity index (χ3v) is 6.35. The lowest BCUT2D eigenvalue weighted by atomic mass is 9.97. The van der Waals surface area contributed by atoms with Crippen LogP contribution in [-0.2, 0) is 14.3 Å². The van der Waals surface area contributed by atoms with Crippen molar-refractivity contribution >= 4 is 34.8 Å². The number of ether oxygens (including phenoxy) is 1. The summed E-state index contributed by atoms with van der Waals surface area (Å²) in [7, 11) is 5.16. The van der Waals surface area contributed by atoms with Crippen LogP contribution >= 0.6 is 11.3 Å². The van der Waals surface area contributed by atoms with Gasteiger partial charge in [0, 0.05) is 22.7 Å². The number of aliphatic hydroxyl groups is 1. The first kappa shape index (κ1) is 22.8. The Kier molecular flexibility index (Phi) is 6.66. The summed E-state index contributed by atoms with van der Waals surface area (Å²) in [5.41, 5.74) is 1.56. The highest BCUT2D eigenvalue weighted by Crippen LogP contribution is 2.42. The van der Waals surface area contributed by atoms with Gasteiger partial charge in [-0.2, -0.15) is 0 Å². The molecule has 166 valence electrons. The van der Waals surface area contributed by atoms with Gasteiger partial charge in [0.1, 0.15) is 11.5 Å². The number of H-pyrrole nitrogens is 1. The fourth-order valence-corrected chi connectivity index (χ4v) is 4.80. The number of aryl methyl sites for hydroxylation is 1. The topological polar surface area (TPSA) is 103 Å². The zero-order valence-electron chi connectivity index (χ0n) is 18.3. The molecule has 1 saturated heterocycles. The van der Waals surface area contributed by atoms with Gasteiger partial charge >= 0.3 is 5.97 Å². The number of nitrogens with one attached hydrogen (secondary N) is 1. The molecule has 1 atom stereocenters. The number of hydrogen-bond donors (Lipinski definition) is 2. The van der Waals surface area contributed by atoms with Crippen LogP contribution in [0.3, 0.4) is 0 Å². The Labute approximate surface area is 185 Å². The number of hydrogen-bond acceptors (Lipinski definition) is 7. The highest BCUT2D eigenvalue weighted by atomic mass is 32.1. The number of aromatic nitrogens is 1. The van der Waals surface area contributed by atoms with E-state index in [9.17, 15) is 19.5 Å². The first-order valence-corrected chi connectivity index (χ1v) is 10.8. The quantitative estimate of drug-likeness (QED) is 0.294. The van der Waals surface area contributed by atoms with Crippen LogP contribution in [-0.4, -0.2) is 71.8 Å². The second kappa shape index (κ2) is 9.07. The fourth-order valence-electron chi connectivity index (χ4n) is 3.96. The number of nitrogens with zero attached hydrogens (tertiary/aromatic N) is 2. The molecular formula is C22H27N3O5S. The normalized spacial score (nSPS) is 18.3. The van der Waals surface area contributed by atoms with E-state index in [4.69, 9.17) is 4.74 Å². The number of esters is 1. The molecule has 0 aliphatic carbocycles. The minimum Gasteiger partial charge on any atom is -0.507 e. The average Bonchev–Trinajstić information content (AvgIpc) is 3.40. The van der Waals surface area contributed by atoms with Crippen molar-refractivity contribution in [2.24, 2.45) is 0 Å². The van der Waals surface area contributed by atoms with E-state index in [1.54, 1.807) is 13.8 Å². The molecule has 1 unspecified atom stereocenters. The Bertz CT molecular complexity index is 1040. The van der Waals surface area contributed by atoms with Crippen LogP contribution < -0.4 is 0 Å². The van der Waals surface area contributed by atoms with E-state index in [2.05, 4.69) is 4.98 Å². The molecule has 1 aliphatic rings. The van der Waals surface area contributed by atoms with Crippen LogP contribution in [0, 0.1) is 13.8 Å². The summed E-state index contributed by atoms with van der Waals surface area (Å²) in [6, 6.07) is 3.03. The molecule has 0 spiro atoms. The first-order valence-electron chi connectivity index (χ1n) is 9.93. The highest BCUT2D eigenvalue weighted by molar-refractivity contribution is 7.10. The van der Waals surface area contributed by atoms with Gasteiger partial charge in [0.2, 0.25) is 0 Å². The van der Waals surface area contributed by atoms with E-state index in [1.165, 1.54) is 23.3 Å². The summed E-state index contributed by atoms with van der Waals surface area (Å²) in [6.07, 6.45) is 0.691. The zero-order valence-corrected chi connectivity index (χ0v) is 19.1. The molecule has 3 rings (SSSR count). The number of amides is 1. The summed E-state index contributed by atoms with van der Waals surface area (Å²) in [4.78, 5) is 45.2. The number of likely N-dealkylation sites (tertiary alicyclic amines) is 1.